The third kappa shape index (κ3) is 2.68. The van der Waals surface area contributed by atoms with E-state index in [2.05, 4.69) is 0 Å². The third-order valence-electron chi connectivity index (χ3n) is 3.92. The van der Waals surface area contributed by atoms with Crippen LogP contribution in [0, 0.1) is 0 Å². The normalized spacial score (nSPS) is 15.4. The number of allylic oxidation sites excluding steroid dienone is 2. The average molecular weight is 344 g/mol. The maximum absolute atomic E-state index is 12.6. The monoisotopic (exact) mass is 344 g/mol. The van der Waals surface area contributed by atoms with Crippen molar-refractivity contribution in [1.29, 1.82) is 0 Å². The fraction of sp³-hybridized carbons (Fsp3) is 0.222. The van der Waals surface area contributed by atoms with Gasteiger partial charge in [0.2, 0.25) is 5.75 Å². The lowest BCUT2D eigenvalue weighted by molar-refractivity contribution is -0.110. The van der Waals surface area contributed by atoms with Crippen molar-refractivity contribution in [3.63, 3.8) is 0 Å². The van der Waals surface area contributed by atoms with E-state index in [-0.39, 0.29) is 34.0 Å². The topological polar surface area (TPSA) is 95.2 Å². The number of ether oxygens (including phenoxy) is 3. The summed E-state index contributed by atoms with van der Waals surface area (Å²) in [6.45, 7) is 0. The lowest BCUT2D eigenvalue weighted by Gasteiger charge is -2.22. The summed E-state index contributed by atoms with van der Waals surface area (Å²) in [4.78, 5) is 23.9. The third-order valence-corrected chi connectivity index (χ3v) is 3.92. The smallest absolute Gasteiger partial charge is 0.204 e. The summed E-state index contributed by atoms with van der Waals surface area (Å²) in [5, 5.41) is 10.8. The molecule has 1 aliphatic rings. The molecule has 1 N–H and O–H groups in total. The summed E-state index contributed by atoms with van der Waals surface area (Å²) in [6, 6.07) is 2.63. The molecule has 1 heterocycles. The molecule has 2 aromatic rings. The standard InChI is InChI=1S/C18H16O7/c1-22-13-9-12-15(17(24-3)16(13)23-2)11(20)8-14(25-12)18(21)6-4-10(19)5-7-18/h4-9,21H,1-3H3. The Morgan fingerprint density at radius 3 is 2.16 bits per heavy atom. The van der Waals surface area contributed by atoms with Crippen molar-refractivity contribution in [2.45, 2.75) is 5.60 Å². The zero-order valence-electron chi connectivity index (χ0n) is 13.9. The van der Waals surface area contributed by atoms with Crippen molar-refractivity contribution in [3.05, 3.63) is 52.4 Å². The molecule has 0 saturated carbocycles. The van der Waals surface area contributed by atoms with E-state index in [1.807, 2.05) is 0 Å². The van der Waals surface area contributed by atoms with E-state index in [1.165, 1.54) is 51.7 Å². The minimum atomic E-state index is -1.69. The molecule has 0 saturated heterocycles. The molecule has 0 bridgehead atoms. The van der Waals surface area contributed by atoms with E-state index < -0.39 is 11.0 Å². The van der Waals surface area contributed by atoms with Crippen LogP contribution in [0.4, 0.5) is 0 Å². The summed E-state index contributed by atoms with van der Waals surface area (Å²) in [5.74, 6) is 0.456. The van der Waals surface area contributed by atoms with Crippen molar-refractivity contribution in [2.75, 3.05) is 21.3 Å². The van der Waals surface area contributed by atoms with Crippen LogP contribution >= 0.6 is 0 Å². The number of carbonyl (C=O) groups excluding carboxylic acids is 1. The van der Waals surface area contributed by atoms with Gasteiger partial charge in [-0.05, 0) is 24.3 Å². The second-order valence-corrected chi connectivity index (χ2v) is 5.39. The van der Waals surface area contributed by atoms with E-state index in [0.717, 1.165) is 6.07 Å². The number of ketones is 1. The first-order valence-corrected chi connectivity index (χ1v) is 7.35. The minimum Gasteiger partial charge on any atom is -0.493 e. The molecule has 0 fully saturated rings. The first kappa shape index (κ1) is 16.8. The Bertz CT molecular complexity index is 950. The maximum atomic E-state index is 12.6. The second-order valence-electron chi connectivity index (χ2n) is 5.39. The zero-order valence-corrected chi connectivity index (χ0v) is 13.9. The van der Waals surface area contributed by atoms with Gasteiger partial charge in [0.05, 0.1) is 21.3 Å². The molecular weight excluding hydrogens is 328 g/mol. The van der Waals surface area contributed by atoms with Crippen molar-refractivity contribution in [2.24, 2.45) is 0 Å². The highest BCUT2D eigenvalue weighted by atomic mass is 16.5. The van der Waals surface area contributed by atoms with Crippen LogP contribution in [0.15, 0.2) is 45.6 Å². The van der Waals surface area contributed by atoms with Gasteiger partial charge in [0.1, 0.15) is 16.7 Å². The SMILES string of the molecule is COc1cc2oc(C3(O)C=CC(=O)C=C3)cc(=O)c2c(OC)c1OC. The van der Waals surface area contributed by atoms with Crippen LogP contribution < -0.4 is 19.6 Å². The van der Waals surface area contributed by atoms with E-state index in [4.69, 9.17) is 18.6 Å². The number of methoxy groups -OCH3 is 3. The van der Waals surface area contributed by atoms with Crippen molar-refractivity contribution >= 4 is 16.8 Å². The predicted molar refractivity (Wildman–Crippen MR) is 89.3 cm³/mol. The van der Waals surface area contributed by atoms with E-state index in [9.17, 15) is 14.7 Å². The molecule has 0 aliphatic heterocycles. The largest absolute Gasteiger partial charge is 0.493 e. The Kier molecular flexibility index (Phi) is 4.10. The number of hydrogen-bond donors (Lipinski definition) is 1. The maximum Gasteiger partial charge on any atom is 0.204 e. The minimum absolute atomic E-state index is 0.0285. The van der Waals surface area contributed by atoms with Crippen LogP contribution in [0.3, 0.4) is 0 Å². The van der Waals surface area contributed by atoms with E-state index >= 15 is 0 Å². The quantitative estimate of drug-likeness (QED) is 0.902. The highest BCUT2D eigenvalue weighted by Crippen LogP contribution is 2.42. The Labute approximate surface area is 142 Å². The van der Waals surface area contributed by atoms with Gasteiger partial charge in [-0.25, -0.2) is 0 Å². The van der Waals surface area contributed by atoms with Gasteiger partial charge in [0.25, 0.3) is 0 Å². The lowest BCUT2D eigenvalue weighted by Crippen LogP contribution is -2.24. The Morgan fingerprint density at radius 2 is 1.60 bits per heavy atom. The number of hydrogen-bond acceptors (Lipinski definition) is 7. The number of fused-ring (bicyclic) bond motifs is 1. The highest BCUT2D eigenvalue weighted by molar-refractivity contribution is 6.00. The van der Waals surface area contributed by atoms with Crippen LogP contribution in [0.25, 0.3) is 11.0 Å². The van der Waals surface area contributed by atoms with Crippen LogP contribution in [0.5, 0.6) is 17.2 Å². The molecule has 0 unspecified atom stereocenters. The molecule has 25 heavy (non-hydrogen) atoms. The lowest BCUT2D eigenvalue weighted by atomic mass is 9.94. The van der Waals surface area contributed by atoms with Crippen molar-refractivity contribution < 1.29 is 28.5 Å². The summed E-state index contributed by atoms with van der Waals surface area (Å²) < 4.78 is 21.5. The molecule has 0 atom stereocenters. The number of aliphatic hydroxyl groups is 1. The molecule has 1 aromatic heterocycles. The Balaban J connectivity index is 2.31. The Morgan fingerprint density at radius 1 is 0.960 bits per heavy atom. The van der Waals surface area contributed by atoms with Gasteiger partial charge < -0.3 is 23.7 Å². The van der Waals surface area contributed by atoms with Crippen molar-refractivity contribution in [3.8, 4) is 17.2 Å². The number of benzene rings is 1. The molecule has 0 radical (unpaired) electrons. The van der Waals surface area contributed by atoms with Crippen LogP contribution in [-0.2, 0) is 10.4 Å². The summed E-state index contributed by atoms with van der Waals surface area (Å²) in [5.41, 5.74) is -1.97. The van der Waals surface area contributed by atoms with E-state index in [0.29, 0.717) is 5.75 Å². The molecule has 1 aliphatic carbocycles. The molecule has 130 valence electrons. The molecular formula is C18H16O7. The van der Waals surface area contributed by atoms with Crippen molar-refractivity contribution in [1.82, 2.24) is 0 Å². The van der Waals surface area contributed by atoms with E-state index in [1.54, 1.807) is 0 Å². The van der Waals surface area contributed by atoms with Gasteiger partial charge >= 0.3 is 0 Å². The number of carbonyl (C=O) groups is 1. The molecule has 1 aromatic carbocycles. The fourth-order valence-electron chi connectivity index (χ4n) is 2.68. The van der Waals surface area contributed by atoms with Gasteiger partial charge in [0, 0.05) is 12.1 Å². The highest BCUT2D eigenvalue weighted by Gasteiger charge is 2.31. The fourth-order valence-corrected chi connectivity index (χ4v) is 2.68. The van der Waals surface area contributed by atoms with Gasteiger partial charge in [-0.3, -0.25) is 9.59 Å². The van der Waals surface area contributed by atoms with Crippen LogP contribution in [0.1, 0.15) is 5.76 Å². The summed E-state index contributed by atoms with van der Waals surface area (Å²) in [7, 11) is 4.27. The van der Waals surface area contributed by atoms with Crippen LogP contribution in [-0.4, -0.2) is 32.2 Å². The summed E-state index contributed by atoms with van der Waals surface area (Å²) in [6.07, 6.45) is 4.94. The first-order valence-electron chi connectivity index (χ1n) is 7.35. The molecule has 3 rings (SSSR count). The van der Waals surface area contributed by atoms with Gasteiger partial charge in [-0.15, -0.1) is 0 Å². The Hall–Kier alpha value is -3.06. The first-order chi connectivity index (χ1) is 11.9. The predicted octanol–water partition coefficient (Wildman–Crippen LogP) is 1.70. The second kappa shape index (κ2) is 6.10. The number of rotatable bonds is 4. The molecule has 0 spiro atoms. The average Bonchev–Trinajstić information content (AvgIpc) is 2.62. The van der Waals surface area contributed by atoms with Gasteiger partial charge in [-0.2, -0.15) is 0 Å². The molecule has 7 nitrogen and oxygen atoms in total. The van der Waals surface area contributed by atoms with Gasteiger partial charge in [0.15, 0.2) is 28.3 Å². The molecule has 0 amide bonds. The van der Waals surface area contributed by atoms with Gasteiger partial charge in [-0.1, -0.05) is 0 Å². The summed E-state index contributed by atoms with van der Waals surface area (Å²) >= 11 is 0. The molecule has 7 heteroatoms. The zero-order chi connectivity index (χ0) is 18.2. The van der Waals surface area contributed by atoms with Crippen LogP contribution in [0.2, 0.25) is 0 Å².